The molecule has 1 aromatic carbocycles. The van der Waals surface area contributed by atoms with Gasteiger partial charge in [0.1, 0.15) is 5.75 Å². The smallest absolute Gasteiger partial charge is 0.226 e. The number of aromatic nitrogens is 4. The van der Waals surface area contributed by atoms with Crippen molar-refractivity contribution < 1.29 is 5.11 Å². The number of nitrogens with zero attached hydrogens (tertiary/aromatic N) is 4. The number of nitrogens with two attached hydrogens (primary N) is 1. The predicted octanol–water partition coefficient (Wildman–Crippen LogP) is 2.79. The quantitative estimate of drug-likeness (QED) is 0.506. The maximum Gasteiger partial charge on any atom is 0.226 e. The fourth-order valence-corrected chi connectivity index (χ4v) is 2.78. The van der Waals surface area contributed by atoms with Crippen molar-refractivity contribution in [2.45, 2.75) is 46.3 Å². The number of anilines is 2. The molecule has 8 heteroatoms. The molecule has 5 N–H and O–H groups in total. The van der Waals surface area contributed by atoms with Crippen LogP contribution in [0.5, 0.6) is 5.75 Å². The van der Waals surface area contributed by atoms with E-state index in [1.165, 1.54) is 0 Å². The number of hydrogen-bond acceptors (Lipinski definition) is 7. The van der Waals surface area contributed by atoms with E-state index >= 15 is 0 Å². The summed E-state index contributed by atoms with van der Waals surface area (Å²) in [4.78, 5) is 13.7. The maximum absolute atomic E-state index is 10.1. The number of phenolic OH excluding ortho intramolecular Hbond substituents is 1. The number of imidazole rings is 1. The summed E-state index contributed by atoms with van der Waals surface area (Å²) < 4.78 is 2.00. The Bertz CT molecular complexity index is 933. The van der Waals surface area contributed by atoms with E-state index in [2.05, 4.69) is 39.4 Å². The van der Waals surface area contributed by atoms with Crippen LogP contribution in [0.4, 0.5) is 11.8 Å². The first-order valence-electron chi connectivity index (χ1n) is 9.11. The van der Waals surface area contributed by atoms with Crippen LogP contribution < -0.4 is 16.4 Å². The topological polar surface area (TPSA) is 114 Å². The van der Waals surface area contributed by atoms with Crippen LogP contribution in [0, 0.1) is 6.92 Å². The lowest BCUT2D eigenvalue weighted by molar-refractivity contribution is 0.469. The van der Waals surface area contributed by atoms with Gasteiger partial charge in [-0.2, -0.15) is 9.97 Å². The van der Waals surface area contributed by atoms with Crippen molar-refractivity contribution in [3.05, 3.63) is 35.7 Å². The van der Waals surface area contributed by atoms with Crippen molar-refractivity contribution in [2.24, 2.45) is 5.73 Å². The number of aryl methyl sites for hydroxylation is 1. The van der Waals surface area contributed by atoms with Crippen LogP contribution in [-0.2, 0) is 6.54 Å². The second kappa shape index (κ2) is 7.79. The molecular weight excluding hydrogens is 342 g/mol. The Balaban J connectivity index is 1.95. The lowest BCUT2D eigenvalue weighted by Crippen LogP contribution is -2.26. The number of nitrogens with one attached hydrogen (secondary N) is 2. The van der Waals surface area contributed by atoms with Crippen LogP contribution in [0.2, 0.25) is 0 Å². The van der Waals surface area contributed by atoms with Crippen LogP contribution >= 0.6 is 0 Å². The average molecular weight is 369 g/mol. The molecule has 0 saturated heterocycles. The highest BCUT2D eigenvalue weighted by molar-refractivity contribution is 5.84. The molecule has 0 aliphatic rings. The predicted molar refractivity (Wildman–Crippen MR) is 108 cm³/mol. The fraction of sp³-hybridized carbons (Fsp3) is 0.421. The molecule has 0 spiro atoms. The zero-order valence-electron chi connectivity index (χ0n) is 16.2. The highest BCUT2D eigenvalue weighted by Gasteiger charge is 2.15. The Morgan fingerprint density at radius 1 is 1.19 bits per heavy atom. The van der Waals surface area contributed by atoms with Crippen molar-refractivity contribution in [1.82, 2.24) is 19.5 Å². The summed E-state index contributed by atoms with van der Waals surface area (Å²) in [6, 6.07) is 5.73. The second-order valence-corrected chi connectivity index (χ2v) is 7.16. The van der Waals surface area contributed by atoms with Gasteiger partial charge in [-0.3, -0.25) is 0 Å². The number of phenols is 1. The van der Waals surface area contributed by atoms with Gasteiger partial charge in [0.15, 0.2) is 17.0 Å². The van der Waals surface area contributed by atoms with Crippen molar-refractivity contribution in [3.63, 3.8) is 0 Å². The largest absolute Gasteiger partial charge is 0.508 e. The zero-order chi connectivity index (χ0) is 19.6. The van der Waals surface area contributed by atoms with Gasteiger partial charge in [0.25, 0.3) is 0 Å². The van der Waals surface area contributed by atoms with Crippen molar-refractivity contribution >= 4 is 22.9 Å². The monoisotopic (exact) mass is 369 g/mol. The van der Waals surface area contributed by atoms with Gasteiger partial charge < -0.3 is 26.0 Å². The van der Waals surface area contributed by atoms with Gasteiger partial charge in [-0.05, 0) is 33.8 Å². The molecule has 1 unspecified atom stereocenters. The van der Waals surface area contributed by atoms with Crippen LogP contribution in [0.1, 0.15) is 37.9 Å². The fourth-order valence-electron chi connectivity index (χ4n) is 2.78. The van der Waals surface area contributed by atoms with E-state index in [0.717, 1.165) is 16.8 Å². The van der Waals surface area contributed by atoms with E-state index in [0.29, 0.717) is 30.4 Å². The number of benzene rings is 1. The first-order chi connectivity index (χ1) is 12.8. The third-order valence-corrected chi connectivity index (χ3v) is 4.24. The van der Waals surface area contributed by atoms with Crippen LogP contribution in [0.15, 0.2) is 24.5 Å². The van der Waals surface area contributed by atoms with Crippen molar-refractivity contribution in [2.75, 3.05) is 17.2 Å². The Morgan fingerprint density at radius 2 is 1.96 bits per heavy atom. The Kier molecular flexibility index (Phi) is 5.46. The summed E-state index contributed by atoms with van der Waals surface area (Å²) in [5.74, 6) is 1.37. The van der Waals surface area contributed by atoms with E-state index in [1.807, 2.05) is 30.5 Å². The maximum atomic E-state index is 10.1. The first-order valence-corrected chi connectivity index (χ1v) is 9.11. The van der Waals surface area contributed by atoms with E-state index in [-0.39, 0.29) is 17.8 Å². The molecule has 0 aliphatic carbocycles. The normalized spacial score (nSPS) is 12.5. The lowest BCUT2D eigenvalue weighted by atomic mass is 10.1. The van der Waals surface area contributed by atoms with E-state index < -0.39 is 0 Å². The summed E-state index contributed by atoms with van der Waals surface area (Å²) in [6.07, 6.45) is 1.77. The Labute approximate surface area is 158 Å². The SMILES string of the molecule is Cc1ccc(O)c(CNc2nc(NCC(C)N)nc3c2ncn3C(C)C)c1. The molecule has 0 fully saturated rings. The van der Waals surface area contributed by atoms with E-state index in [9.17, 15) is 5.11 Å². The van der Waals surface area contributed by atoms with Crippen LogP contribution in [-0.4, -0.2) is 37.2 Å². The molecule has 3 aromatic rings. The summed E-state index contributed by atoms with van der Waals surface area (Å²) in [7, 11) is 0. The van der Waals surface area contributed by atoms with E-state index in [4.69, 9.17) is 5.73 Å². The summed E-state index contributed by atoms with van der Waals surface area (Å²) in [6.45, 7) is 9.07. The van der Waals surface area contributed by atoms with Crippen LogP contribution in [0.3, 0.4) is 0 Å². The number of aromatic hydroxyl groups is 1. The van der Waals surface area contributed by atoms with Gasteiger partial charge in [0.05, 0.1) is 6.33 Å². The van der Waals surface area contributed by atoms with Gasteiger partial charge in [-0.15, -0.1) is 0 Å². The van der Waals surface area contributed by atoms with Gasteiger partial charge >= 0.3 is 0 Å². The minimum Gasteiger partial charge on any atom is -0.508 e. The summed E-state index contributed by atoms with van der Waals surface area (Å²) in [5.41, 5.74) is 9.17. The minimum atomic E-state index is -0.0139. The minimum absolute atomic E-state index is 0.0139. The molecule has 2 aromatic heterocycles. The highest BCUT2D eigenvalue weighted by atomic mass is 16.3. The third kappa shape index (κ3) is 4.28. The number of rotatable bonds is 7. The standard InChI is InChI=1S/C19H27N7O/c1-11(2)26-10-23-16-17(21-9-14-7-12(3)5-6-15(14)27)24-19(25-18(16)26)22-8-13(4)20/h5-7,10-11,13,27H,8-9,20H2,1-4H3,(H2,21,22,24,25). The Hall–Kier alpha value is -2.87. The second-order valence-electron chi connectivity index (χ2n) is 7.16. The van der Waals surface area contributed by atoms with Crippen molar-refractivity contribution in [1.29, 1.82) is 0 Å². The lowest BCUT2D eigenvalue weighted by Gasteiger charge is -2.13. The molecule has 2 heterocycles. The summed E-state index contributed by atoms with van der Waals surface area (Å²) in [5, 5.41) is 16.6. The molecule has 1 atom stereocenters. The molecule has 0 radical (unpaired) electrons. The third-order valence-electron chi connectivity index (χ3n) is 4.24. The Morgan fingerprint density at radius 3 is 2.67 bits per heavy atom. The molecule has 3 rings (SSSR count). The summed E-state index contributed by atoms with van der Waals surface area (Å²) >= 11 is 0. The van der Waals surface area contributed by atoms with Gasteiger partial charge in [-0.1, -0.05) is 17.7 Å². The molecule has 144 valence electrons. The average Bonchev–Trinajstić information content (AvgIpc) is 3.04. The molecule has 27 heavy (non-hydrogen) atoms. The van der Waals surface area contributed by atoms with E-state index in [1.54, 1.807) is 12.4 Å². The molecular formula is C19H27N7O. The van der Waals surface area contributed by atoms with Gasteiger partial charge in [-0.25, -0.2) is 4.98 Å². The number of hydrogen-bond donors (Lipinski definition) is 4. The molecule has 0 bridgehead atoms. The van der Waals surface area contributed by atoms with Crippen molar-refractivity contribution in [3.8, 4) is 5.75 Å². The highest BCUT2D eigenvalue weighted by Crippen LogP contribution is 2.25. The molecule has 0 amide bonds. The van der Waals surface area contributed by atoms with Gasteiger partial charge in [0.2, 0.25) is 5.95 Å². The van der Waals surface area contributed by atoms with Gasteiger partial charge in [0, 0.05) is 30.7 Å². The molecule has 0 saturated carbocycles. The molecule has 0 aliphatic heterocycles. The van der Waals surface area contributed by atoms with Crippen LogP contribution in [0.25, 0.3) is 11.2 Å². The first kappa shape index (κ1) is 18.9. The number of fused-ring (bicyclic) bond motifs is 1. The molecule has 8 nitrogen and oxygen atoms in total. The zero-order valence-corrected chi connectivity index (χ0v) is 16.2.